The number of anilines is 1. The topological polar surface area (TPSA) is 253 Å². The molecule has 0 radical (unpaired) electrons. The van der Waals surface area contributed by atoms with Crippen molar-refractivity contribution in [1.82, 2.24) is 0 Å². The highest BCUT2D eigenvalue weighted by atomic mass is 16.7. The first-order valence-electron chi connectivity index (χ1n) is 19.1. The zero-order valence-electron chi connectivity index (χ0n) is 35.1. The Morgan fingerprint density at radius 3 is 1.66 bits per heavy atom. The van der Waals surface area contributed by atoms with Crippen LogP contribution in [0, 0.1) is 5.92 Å². The van der Waals surface area contributed by atoms with Gasteiger partial charge in [0.15, 0.2) is 42.2 Å². The smallest absolute Gasteiger partial charge is 0.303 e. The predicted octanol–water partition coefficient (Wildman–Crippen LogP) is 2.85. The molecule has 2 saturated heterocycles. The van der Waals surface area contributed by atoms with Crippen molar-refractivity contribution in [2.45, 2.75) is 117 Å². The molecule has 0 aliphatic carbocycles. The molecule has 2 N–H and O–H groups in total. The van der Waals surface area contributed by atoms with Crippen LogP contribution in [0.15, 0.2) is 42.5 Å². The van der Waals surface area contributed by atoms with Crippen molar-refractivity contribution in [3.8, 4) is 17.2 Å². The molecule has 10 atom stereocenters. The van der Waals surface area contributed by atoms with Crippen LogP contribution in [0.4, 0.5) is 5.69 Å². The molecule has 0 spiro atoms. The van der Waals surface area contributed by atoms with E-state index in [1.54, 1.807) is 44.2 Å². The van der Waals surface area contributed by atoms with E-state index in [0.29, 0.717) is 11.4 Å². The molecule has 4 rings (SSSR count). The lowest BCUT2D eigenvalue weighted by Crippen LogP contribution is -2.66. The third-order valence-corrected chi connectivity index (χ3v) is 9.04. The zero-order chi connectivity index (χ0) is 45.1. The van der Waals surface area contributed by atoms with Gasteiger partial charge in [-0.2, -0.15) is 0 Å². The first-order chi connectivity index (χ1) is 28.8. The van der Waals surface area contributed by atoms with Gasteiger partial charge in [-0.15, -0.1) is 0 Å². The molecule has 0 aromatic heterocycles. The number of ether oxygens (including phenoxy) is 11. The summed E-state index contributed by atoms with van der Waals surface area (Å²) >= 11 is 0. The Labute approximate surface area is 351 Å². The maximum atomic E-state index is 12.6. The minimum absolute atomic E-state index is 0.158. The van der Waals surface area contributed by atoms with E-state index in [1.165, 1.54) is 19.2 Å². The van der Waals surface area contributed by atoms with Crippen LogP contribution in [0.1, 0.15) is 67.1 Å². The molecule has 2 fully saturated rings. The van der Waals surface area contributed by atoms with Gasteiger partial charge >= 0.3 is 35.8 Å². The Balaban J connectivity index is 1.80. The van der Waals surface area contributed by atoms with E-state index < -0.39 is 110 Å². The number of aliphatic hydroxyl groups excluding tert-OH is 1. The van der Waals surface area contributed by atoms with E-state index in [2.05, 4.69) is 5.32 Å². The molecule has 2 aromatic carbocycles. The van der Waals surface area contributed by atoms with Crippen LogP contribution in [0.25, 0.3) is 0 Å². The average Bonchev–Trinajstić information content (AvgIpc) is 3.17. The Kier molecular flexibility index (Phi) is 17.0. The average molecular weight is 862 g/mol. The van der Waals surface area contributed by atoms with Crippen molar-refractivity contribution in [3.63, 3.8) is 0 Å². The minimum atomic E-state index is -1.82. The van der Waals surface area contributed by atoms with Gasteiger partial charge in [0.1, 0.15) is 49.5 Å². The van der Waals surface area contributed by atoms with Gasteiger partial charge in [0.25, 0.3) is 0 Å². The number of carbonyl (C=O) groups is 7. The maximum absolute atomic E-state index is 12.6. The van der Waals surface area contributed by atoms with Gasteiger partial charge in [-0.3, -0.25) is 33.6 Å². The van der Waals surface area contributed by atoms with Crippen molar-refractivity contribution in [2.75, 3.05) is 25.6 Å². The van der Waals surface area contributed by atoms with Gasteiger partial charge in [0.2, 0.25) is 5.91 Å². The fourth-order valence-corrected chi connectivity index (χ4v) is 6.45. The highest BCUT2D eigenvalue weighted by Crippen LogP contribution is 2.42. The Bertz CT molecular complexity index is 1900. The van der Waals surface area contributed by atoms with Crippen LogP contribution >= 0.6 is 0 Å². The normalized spacial score (nSPS) is 25.9. The number of carbonyl (C=O) groups excluding carboxylic acids is 7. The van der Waals surface area contributed by atoms with Crippen LogP contribution in [-0.4, -0.2) is 122 Å². The summed E-state index contributed by atoms with van der Waals surface area (Å²) in [5, 5.41) is 15.0. The van der Waals surface area contributed by atoms with E-state index in [0.717, 1.165) is 41.5 Å². The highest BCUT2D eigenvalue weighted by molar-refractivity contribution is 5.92. The molecular weight excluding hydrogens is 810 g/mol. The van der Waals surface area contributed by atoms with Crippen LogP contribution < -0.4 is 14.8 Å². The molecular formula is C41H51NO19. The number of amides is 1. The molecule has 2 heterocycles. The van der Waals surface area contributed by atoms with E-state index in [1.807, 2.05) is 0 Å². The first-order valence-corrected chi connectivity index (χ1v) is 19.1. The number of hydrogen-bond acceptors (Lipinski definition) is 19. The van der Waals surface area contributed by atoms with Crippen LogP contribution in [0.3, 0.4) is 0 Å². The molecule has 20 nitrogen and oxygen atoms in total. The fourth-order valence-electron chi connectivity index (χ4n) is 6.45. The molecule has 0 saturated carbocycles. The second-order valence-electron chi connectivity index (χ2n) is 14.3. The van der Waals surface area contributed by atoms with Crippen LogP contribution in [-0.2, 0) is 76.2 Å². The summed E-state index contributed by atoms with van der Waals surface area (Å²) < 4.78 is 63.1. The summed E-state index contributed by atoms with van der Waals surface area (Å²) in [7, 11) is 1.41. The number of nitrogens with one attached hydrogen (secondary N) is 1. The molecule has 2 aromatic rings. The second kappa shape index (κ2) is 21.6. The summed E-state index contributed by atoms with van der Waals surface area (Å²) in [6.07, 6.45) is -15.8. The van der Waals surface area contributed by atoms with E-state index in [9.17, 15) is 38.7 Å². The minimum Gasteiger partial charge on any atom is -0.493 e. The maximum Gasteiger partial charge on any atom is 0.303 e. The van der Waals surface area contributed by atoms with Crippen molar-refractivity contribution in [1.29, 1.82) is 0 Å². The number of esters is 6. The summed E-state index contributed by atoms with van der Waals surface area (Å²) in [5.41, 5.74) is 0.794. The summed E-state index contributed by atoms with van der Waals surface area (Å²) in [4.78, 5) is 86.0. The molecule has 20 heteroatoms. The molecule has 2 aliphatic rings. The Morgan fingerprint density at radius 2 is 1.15 bits per heavy atom. The predicted molar refractivity (Wildman–Crippen MR) is 206 cm³/mol. The lowest BCUT2D eigenvalue weighted by Gasteiger charge is -2.48. The summed E-state index contributed by atoms with van der Waals surface area (Å²) in [6, 6.07) is 11.1. The first kappa shape index (κ1) is 47.8. The fraction of sp³-hybridized carbons (Fsp3) is 0.537. The highest BCUT2D eigenvalue weighted by Gasteiger charge is 2.56. The van der Waals surface area contributed by atoms with Gasteiger partial charge in [-0.25, -0.2) is 0 Å². The molecule has 2 aliphatic heterocycles. The Morgan fingerprint density at radius 1 is 0.639 bits per heavy atom. The molecule has 1 amide bonds. The monoisotopic (exact) mass is 861 g/mol. The van der Waals surface area contributed by atoms with Gasteiger partial charge in [-0.05, 0) is 42.0 Å². The Hall–Kier alpha value is -5.83. The molecule has 0 bridgehead atoms. The van der Waals surface area contributed by atoms with Crippen molar-refractivity contribution in [3.05, 3.63) is 48.0 Å². The molecule has 61 heavy (non-hydrogen) atoms. The van der Waals surface area contributed by atoms with E-state index in [4.69, 9.17) is 52.1 Å². The summed E-state index contributed by atoms with van der Waals surface area (Å²) in [5.74, 6) is -4.67. The van der Waals surface area contributed by atoms with Crippen LogP contribution in [0.5, 0.6) is 17.2 Å². The van der Waals surface area contributed by atoms with E-state index in [-0.39, 0.29) is 28.9 Å². The SMILES string of the molecule is COc1ccc([C@H]2O[C@H](COC(C)=O)[C@@H](OC(C)=O)[C@H](O[C@H]3O[C@H](COC(C)=O)[C@@H](OC(C)=O)[C@@H](OC(C)=O)[C@H]3OC(C)=O)[C@@H]2O)cc1Oc1ccc(NC(=O)C(C)C)cc1. The standard InChI is InChI=1S/C41H51NO19/c1-19(2)40(50)42-27-11-13-28(14-12-27)58-30-16-26(10-15-29(30)51-9)34-33(49)37(35(54-22(5)45)31(59-34)17-52-20(3)43)61-41-39(57-25(8)48)38(56-24(7)47)36(55-23(6)46)32(60-41)18-53-21(4)44/h10-16,19,31-39,41,49H,17-18H2,1-9H3,(H,42,50)/t31-,32-,33-,34-,35-,36-,37-,38-,39-,41-/m1/s1. The van der Waals surface area contributed by atoms with E-state index >= 15 is 0 Å². The van der Waals surface area contributed by atoms with Crippen molar-refractivity contribution in [2.24, 2.45) is 5.92 Å². The van der Waals surface area contributed by atoms with Crippen molar-refractivity contribution < 1.29 is 90.8 Å². The third kappa shape index (κ3) is 13.3. The quantitative estimate of drug-likeness (QED) is 0.182. The number of rotatable bonds is 16. The lowest BCUT2D eigenvalue weighted by molar-refractivity contribution is -0.345. The number of benzene rings is 2. The molecule has 334 valence electrons. The van der Waals surface area contributed by atoms with Crippen LogP contribution in [0.2, 0.25) is 0 Å². The van der Waals surface area contributed by atoms with Gasteiger partial charge in [0, 0.05) is 53.1 Å². The largest absolute Gasteiger partial charge is 0.493 e. The molecule has 0 unspecified atom stereocenters. The van der Waals surface area contributed by atoms with Crippen molar-refractivity contribution >= 4 is 47.4 Å². The number of hydrogen-bond donors (Lipinski definition) is 2. The number of methoxy groups -OCH3 is 1. The van der Waals surface area contributed by atoms with Gasteiger partial charge in [-0.1, -0.05) is 19.9 Å². The third-order valence-electron chi connectivity index (χ3n) is 9.04. The number of aliphatic hydroxyl groups is 1. The lowest BCUT2D eigenvalue weighted by atomic mass is 9.90. The van der Waals surface area contributed by atoms with Gasteiger partial charge < -0.3 is 62.5 Å². The zero-order valence-corrected chi connectivity index (χ0v) is 35.1. The van der Waals surface area contributed by atoms with Gasteiger partial charge in [0.05, 0.1) is 7.11 Å². The summed E-state index contributed by atoms with van der Waals surface area (Å²) in [6.45, 7) is 8.88. The second-order valence-corrected chi connectivity index (χ2v) is 14.3.